The number of carbonyl (C=O) groups excluding carboxylic acids is 1. The Labute approximate surface area is 397 Å². The summed E-state index contributed by atoms with van der Waals surface area (Å²) in [6, 6.07) is -1.78. The second-order valence-corrected chi connectivity index (χ2v) is 17.7. The maximum absolute atomic E-state index is 12.8. The molecule has 6 heterocycles. The van der Waals surface area contributed by atoms with Gasteiger partial charge in [0.05, 0.1) is 39.1 Å². The summed E-state index contributed by atoms with van der Waals surface area (Å²) in [5, 5.41) is 185. The fraction of sp³-hybridized carbons (Fsp3) is 0.974. The van der Waals surface area contributed by atoms with Gasteiger partial charge in [0.2, 0.25) is 5.91 Å². The zero-order valence-electron chi connectivity index (χ0n) is 37.8. The van der Waals surface area contributed by atoms with Gasteiger partial charge < -0.3 is 149 Å². The van der Waals surface area contributed by atoms with Crippen LogP contribution in [0, 0.1) is 0 Å². The standard InChI is InChI=1S/C39H67NO30/c1-9-17(47)21(51)25(55)36(60-9)70-33-22(52)18(48)11(4-41)63-39(33)68-31-16(40-10(2)46)34(61-12(5-42)19(31)49)69-32-20(50)13(6-43)62-38(28(32)58)67-30-15(8-45)65-37(27(57)24(30)54)66-29-14(7-44)64-35(59-3)26(56)23(29)53/h9,11-39,41-45,47-58H,4-8H2,1-3H3,(H,40,46)/t9?,11?,12?,13?,14?,15?,16?,17-,18+,19+,20+,21?,22?,23?,24?,25?,26?,27?,28?,29-,30+,31?,32?,33?,34+,35-,36+,37+,38-,39+/m1/s1. The number of carbonyl (C=O) groups is 1. The first-order valence-corrected chi connectivity index (χ1v) is 22.4. The third kappa shape index (κ3) is 11.9. The summed E-state index contributed by atoms with van der Waals surface area (Å²) in [7, 11) is 1.16. The van der Waals surface area contributed by atoms with Crippen LogP contribution >= 0.6 is 0 Å². The molecule has 70 heavy (non-hydrogen) atoms. The van der Waals surface area contributed by atoms with E-state index >= 15 is 0 Å². The maximum Gasteiger partial charge on any atom is 0.217 e. The number of hydrogen-bond donors (Lipinski definition) is 18. The molecular formula is C39H67NO30. The topological polar surface area (TPSA) is 484 Å². The highest BCUT2D eigenvalue weighted by Crippen LogP contribution is 2.37. The molecule has 0 aromatic rings. The molecule has 0 bridgehead atoms. The van der Waals surface area contributed by atoms with E-state index in [0.29, 0.717) is 0 Å². The Morgan fingerprint density at radius 3 is 1.29 bits per heavy atom. The van der Waals surface area contributed by atoms with Crippen molar-refractivity contribution >= 4 is 5.91 Å². The van der Waals surface area contributed by atoms with Crippen molar-refractivity contribution in [3.05, 3.63) is 0 Å². The van der Waals surface area contributed by atoms with Gasteiger partial charge in [0.15, 0.2) is 37.7 Å². The van der Waals surface area contributed by atoms with Gasteiger partial charge in [0, 0.05) is 14.0 Å². The normalized spacial score (nSPS) is 51.5. The first-order chi connectivity index (χ1) is 33.2. The van der Waals surface area contributed by atoms with Crippen LogP contribution in [-0.4, -0.2) is 317 Å². The van der Waals surface area contributed by atoms with Gasteiger partial charge in [-0.25, -0.2) is 0 Å². The van der Waals surface area contributed by atoms with Crippen LogP contribution in [0.4, 0.5) is 0 Å². The minimum atomic E-state index is -2.20. The lowest BCUT2D eigenvalue weighted by atomic mass is 9.94. The molecule has 6 fully saturated rings. The smallest absolute Gasteiger partial charge is 0.217 e. The minimum Gasteiger partial charge on any atom is -0.394 e. The van der Waals surface area contributed by atoms with Gasteiger partial charge in [-0.05, 0) is 6.92 Å². The predicted octanol–water partition coefficient (Wildman–Crippen LogP) is -12.3. The number of hydrogen-bond acceptors (Lipinski definition) is 30. The number of nitrogens with one attached hydrogen (secondary N) is 1. The van der Waals surface area contributed by atoms with E-state index in [1.54, 1.807) is 0 Å². The quantitative estimate of drug-likeness (QED) is 0.0643. The van der Waals surface area contributed by atoms with Crippen LogP contribution in [0.25, 0.3) is 0 Å². The SMILES string of the molecule is CO[C@@H]1OC(CO)[C@@H](O[C@@H]2OC(CO)[C@H](O[C@H]3OC(CO)[C@H](O)C(O[C@@H]4OC(CO)[C@H](O)C(O[C@@H]5OC(CO)[C@H](O)C(O)C5O[C@@H]5OC(C)[C@@H](O)C(O)C5O)C4NC(C)=O)C3O)C(O)C2O)C(O)C1O. The van der Waals surface area contributed by atoms with Crippen LogP contribution in [0.2, 0.25) is 0 Å². The molecule has 30 atom stereocenters. The summed E-state index contributed by atoms with van der Waals surface area (Å²) in [4.78, 5) is 12.8. The number of aliphatic hydroxyl groups is 17. The van der Waals surface area contributed by atoms with Gasteiger partial charge in [-0.2, -0.15) is 0 Å². The molecule has 31 nitrogen and oxygen atoms in total. The van der Waals surface area contributed by atoms with Crippen molar-refractivity contribution < 1.29 is 148 Å². The van der Waals surface area contributed by atoms with E-state index in [4.69, 9.17) is 56.8 Å². The Hall–Kier alpha value is -1.69. The van der Waals surface area contributed by atoms with Crippen LogP contribution in [-0.2, 0) is 61.6 Å². The second kappa shape index (κ2) is 24.8. The highest BCUT2D eigenvalue weighted by atomic mass is 16.8. The summed E-state index contributed by atoms with van der Waals surface area (Å²) >= 11 is 0. The Morgan fingerprint density at radius 1 is 0.386 bits per heavy atom. The van der Waals surface area contributed by atoms with Crippen LogP contribution in [0.15, 0.2) is 0 Å². The van der Waals surface area contributed by atoms with Crippen LogP contribution in [0.1, 0.15) is 13.8 Å². The summed E-state index contributed by atoms with van der Waals surface area (Å²) in [5.74, 6) is -0.857. The van der Waals surface area contributed by atoms with E-state index in [-0.39, 0.29) is 0 Å². The summed E-state index contributed by atoms with van der Waals surface area (Å²) in [6.07, 6.45) is -52.9. The highest BCUT2D eigenvalue weighted by molar-refractivity contribution is 5.73. The Balaban J connectivity index is 1.23. The minimum absolute atomic E-state index is 0.787. The van der Waals surface area contributed by atoms with E-state index in [9.17, 15) is 91.6 Å². The zero-order valence-corrected chi connectivity index (χ0v) is 37.8. The fourth-order valence-electron chi connectivity index (χ4n) is 9.02. The van der Waals surface area contributed by atoms with Crippen LogP contribution in [0.3, 0.4) is 0 Å². The lowest BCUT2D eigenvalue weighted by Crippen LogP contribution is -2.70. The van der Waals surface area contributed by atoms with Crippen molar-refractivity contribution in [2.24, 2.45) is 0 Å². The molecule has 0 aromatic heterocycles. The van der Waals surface area contributed by atoms with Crippen molar-refractivity contribution in [3.8, 4) is 0 Å². The van der Waals surface area contributed by atoms with E-state index in [2.05, 4.69) is 5.32 Å². The van der Waals surface area contributed by atoms with Crippen molar-refractivity contribution in [1.82, 2.24) is 5.32 Å². The van der Waals surface area contributed by atoms with Gasteiger partial charge >= 0.3 is 0 Å². The van der Waals surface area contributed by atoms with E-state index in [1.807, 2.05) is 0 Å². The zero-order chi connectivity index (χ0) is 51.6. The number of aliphatic hydroxyl groups excluding tert-OH is 17. The molecule has 6 aliphatic rings. The van der Waals surface area contributed by atoms with Gasteiger partial charge in [0.25, 0.3) is 0 Å². The average molecular weight is 1030 g/mol. The molecule has 0 aromatic carbocycles. The molecule has 0 saturated carbocycles. The van der Waals surface area contributed by atoms with Crippen molar-refractivity contribution in [2.45, 2.75) is 198 Å². The van der Waals surface area contributed by atoms with Crippen molar-refractivity contribution in [3.63, 3.8) is 0 Å². The molecule has 0 radical (unpaired) electrons. The Bertz CT molecular complexity index is 1630. The van der Waals surface area contributed by atoms with Crippen LogP contribution < -0.4 is 5.32 Å². The van der Waals surface area contributed by atoms with Crippen molar-refractivity contribution in [1.29, 1.82) is 0 Å². The number of amides is 1. The lowest BCUT2D eigenvalue weighted by molar-refractivity contribution is -0.393. The van der Waals surface area contributed by atoms with Crippen molar-refractivity contribution in [2.75, 3.05) is 40.1 Å². The molecule has 1 amide bonds. The molecule has 18 N–H and O–H groups in total. The summed E-state index contributed by atoms with van der Waals surface area (Å²) in [6.45, 7) is -2.42. The molecule has 0 spiro atoms. The number of methoxy groups -OCH3 is 1. The number of rotatable bonds is 17. The third-order valence-corrected chi connectivity index (χ3v) is 13.0. The van der Waals surface area contributed by atoms with E-state index in [0.717, 1.165) is 14.0 Å². The third-order valence-electron chi connectivity index (χ3n) is 13.0. The summed E-state index contributed by atoms with van der Waals surface area (Å²) < 4.78 is 68.0. The van der Waals surface area contributed by atoms with E-state index < -0.39 is 223 Å². The van der Waals surface area contributed by atoms with Gasteiger partial charge in [-0.3, -0.25) is 4.79 Å². The molecule has 18 unspecified atom stereocenters. The first-order valence-electron chi connectivity index (χ1n) is 22.4. The average Bonchev–Trinajstić information content (AvgIpc) is 3.34. The predicted molar refractivity (Wildman–Crippen MR) is 214 cm³/mol. The molecule has 6 aliphatic heterocycles. The van der Waals surface area contributed by atoms with Crippen LogP contribution in [0.5, 0.6) is 0 Å². The van der Waals surface area contributed by atoms with Gasteiger partial charge in [-0.1, -0.05) is 0 Å². The molecule has 31 heteroatoms. The Kier molecular flexibility index (Phi) is 20.4. The lowest BCUT2D eigenvalue weighted by Gasteiger charge is -2.51. The highest BCUT2D eigenvalue weighted by Gasteiger charge is 2.58. The fourth-order valence-corrected chi connectivity index (χ4v) is 9.02. The molecule has 6 saturated heterocycles. The monoisotopic (exact) mass is 1030 g/mol. The molecule has 408 valence electrons. The van der Waals surface area contributed by atoms with Gasteiger partial charge in [-0.15, -0.1) is 0 Å². The maximum atomic E-state index is 12.8. The van der Waals surface area contributed by atoms with E-state index in [1.165, 1.54) is 6.92 Å². The molecule has 6 rings (SSSR count). The molecular weight excluding hydrogens is 962 g/mol. The van der Waals surface area contributed by atoms with Gasteiger partial charge in [0.1, 0.15) is 140 Å². The first kappa shape index (κ1) is 57.6. The second-order valence-electron chi connectivity index (χ2n) is 17.7. The largest absolute Gasteiger partial charge is 0.394 e. The number of ether oxygens (including phenoxy) is 12. The Morgan fingerprint density at radius 2 is 0.757 bits per heavy atom. The molecule has 0 aliphatic carbocycles. The summed E-state index contributed by atoms with van der Waals surface area (Å²) in [5.41, 5.74) is 0.